The summed E-state index contributed by atoms with van der Waals surface area (Å²) in [4.78, 5) is 4.20. The lowest BCUT2D eigenvalue weighted by atomic mass is 10.0. The van der Waals surface area contributed by atoms with Crippen LogP contribution in [-0.2, 0) is 0 Å². The molecule has 0 heterocycles. The molecule has 0 radical (unpaired) electrons. The van der Waals surface area contributed by atoms with Gasteiger partial charge in [0.25, 0.3) is 0 Å². The van der Waals surface area contributed by atoms with E-state index < -0.39 is 0 Å². The molecule has 0 bridgehead atoms. The summed E-state index contributed by atoms with van der Waals surface area (Å²) < 4.78 is 6.69. The van der Waals surface area contributed by atoms with E-state index in [2.05, 4.69) is 31.6 Å². The van der Waals surface area contributed by atoms with Crippen LogP contribution in [0.2, 0.25) is 0 Å². The van der Waals surface area contributed by atoms with Crippen molar-refractivity contribution >= 4 is 45.9 Å². The molecule has 7 heteroatoms. The minimum absolute atomic E-state index is 0. The maximum absolute atomic E-state index is 9.60. The maximum atomic E-state index is 9.60. The molecule has 0 saturated heterocycles. The lowest BCUT2D eigenvalue weighted by molar-refractivity contribution is 0.265. The van der Waals surface area contributed by atoms with Crippen LogP contribution in [0.4, 0.5) is 0 Å². The molecule has 0 fully saturated rings. The average Bonchev–Trinajstić information content (AvgIpc) is 2.66. The molecule has 0 aliphatic heterocycles. The zero-order valence-electron chi connectivity index (χ0n) is 14.7. The Morgan fingerprint density at radius 2 is 1.81 bits per heavy atom. The van der Waals surface area contributed by atoms with Crippen molar-refractivity contribution in [3.63, 3.8) is 0 Å². The number of rotatable bonds is 8. The van der Waals surface area contributed by atoms with Gasteiger partial charge in [0.05, 0.1) is 13.2 Å². The molecule has 2 aromatic rings. The smallest absolute Gasteiger partial charge is 0.191 e. The zero-order chi connectivity index (χ0) is 17.9. The fraction of sp³-hybridized carbons (Fsp3) is 0.316. The molecule has 0 spiro atoms. The number of benzene rings is 2. The summed E-state index contributed by atoms with van der Waals surface area (Å²) in [7, 11) is 1.72. The fourth-order valence-electron chi connectivity index (χ4n) is 2.32. The summed E-state index contributed by atoms with van der Waals surface area (Å²) >= 11 is 3.40. The monoisotopic (exact) mass is 533 g/mol. The summed E-state index contributed by atoms with van der Waals surface area (Å²) in [6.07, 6.45) is 0. The van der Waals surface area contributed by atoms with Gasteiger partial charge in [-0.2, -0.15) is 0 Å². The topological polar surface area (TPSA) is 65.9 Å². The van der Waals surface area contributed by atoms with Crippen molar-refractivity contribution in [2.75, 3.05) is 33.4 Å². The third-order valence-corrected chi connectivity index (χ3v) is 4.24. The second-order valence-corrected chi connectivity index (χ2v) is 6.39. The summed E-state index contributed by atoms with van der Waals surface area (Å²) in [5.41, 5.74) is 1.10. The minimum Gasteiger partial charge on any atom is -0.492 e. The van der Waals surface area contributed by atoms with Gasteiger partial charge in [0, 0.05) is 24.0 Å². The third kappa shape index (κ3) is 7.92. The Balaban J connectivity index is 0.00000338. The number of hydrogen-bond acceptors (Lipinski definition) is 3. The Morgan fingerprint density at radius 3 is 2.42 bits per heavy atom. The van der Waals surface area contributed by atoms with Crippen LogP contribution in [0.25, 0.3) is 0 Å². The number of aliphatic imine (C=N–C) groups is 1. The quantitative estimate of drug-likeness (QED) is 0.211. The van der Waals surface area contributed by atoms with Gasteiger partial charge in [0.15, 0.2) is 5.96 Å². The van der Waals surface area contributed by atoms with Crippen LogP contribution in [0.15, 0.2) is 64.1 Å². The van der Waals surface area contributed by atoms with Crippen molar-refractivity contribution in [3.8, 4) is 5.75 Å². The highest BCUT2D eigenvalue weighted by Crippen LogP contribution is 2.16. The molecule has 0 amide bonds. The lowest BCUT2D eigenvalue weighted by Crippen LogP contribution is -2.41. The van der Waals surface area contributed by atoms with E-state index >= 15 is 0 Å². The molecule has 0 aliphatic rings. The molecule has 5 nitrogen and oxygen atoms in total. The Labute approximate surface area is 180 Å². The van der Waals surface area contributed by atoms with Gasteiger partial charge < -0.3 is 20.5 Å². The van der Waals surface area contributed by atoms with Crippen molar-refractivity contribution < 1.29 is 9.84 Å². The Morgan fingerprint density at radius 1 is 1.12 bits per heavy atom. The number of nitrogens with zero attached hydrogens (tertiary/aromatic N) is 1. The summed E-state index contributed by atoms with van der Waals surface area (Å²) in [5, 5.41) is 16.0. The summed E-state index contributed by atoms with van der Waals surface area (Å²) in [5.74, 6) is 1.55. The van der Waals surface area contributed by atoms with E-state index in [4.69, 9.17) is 4.74 Å². The van der Waals surface area contributed by atoms with Crippen LogP contribution in [0.1, 0.15) is 11.5 Å². The highest BCUT2D eigenvalue weighted by atomic mass is 127. The summed E-state index contributed by atoms with van der Waals surface area (Å²) in [6.45, 7) is 1.85. The van der Waals surface area contributed by atoms with E-state index in [1.54, 1.807) is 7.05 Å². The van der Waals surface area contributed by atoms with Crippen LogP contribution >= 0.6 is 39.9 Å². The first-order valence-corrected chi connectivity index (χ1v) is 9.01. The molecule has 1 atom stereocenters. The van der Waals surface area contributed by atoms with Crippen LogP contribution in [0.3, 0.4) is 0 Å². The molecular formula is C19H25BrIN3O2. The van der Waals surface area contributed by atoms with E-state index in [-0.39, 0.29) is 36.5 Å². The highest BCUT2D eigenvalue weighted by molar-refractivity contribution is 14.0. The van der Waals surface area contributed by atoms with Gasteiger partial charge in [-0.15, -0.1) is 24.0 Å². The number of ether oxygens (including phenoxy) is 1. The zero-order valence-corrected chi connectivity index (χ0v) is 18.6. The number of guanidine groups is 1. The van der Waals surface area contributed by atoms with E-state index in [0.29, 0.717) is 25.7 Å². The van der Waals surface area contributed by atoms with Crippen LogP contribution in [-0.4, -0.2) is 44.4 Å². The number of hydrogen-bond donors (Lipinski definition) is 3. The standard InChI is InChI=1S/C19H24BrN3O2.HI/c1-21-19(22-11-12-25-18-9-7-17(20)8-10-18)23-13-16(14-24)15-5-3-2-4-6-15;/h2-10,16,24H,11-14H2,1H3,(H2,21,22,23);1H. The van der Waals surface area contributed by atoms with Crippen molar-refractivity contribution in [2.45, 2.75) is 5.92 Å². The lowest BCUT2D eigenvalue weighted by Gasteiger charge is -2.18. The molecule has 2 rings (SSSR count). The van der Waals surface area contributed by atoms with Crippen molar-refractivity contribution in [3.05, 3.63) is 64.6 Å². The molecule has 142 valence electrons. The molecule has 2 aromatic carbocycles. The Kier molecular flexibility index (Phi) is 11.3. The first kappa shape index (κ1) is 22.7. The molecule has 26 heavy (non-hydrogen) atoms. The molecule has 1 unspecified atom stereocenters. The SMILES string of the molecule is CN=C(NCCOc1ccc(Br)cc1)NCC(CO)c1ccccc1.I. The largest absolute Gasteiger partial charge is 0.492 e. The van der Waals surface area contributed by atoms with Gasteiger partial charge in [-0.25, -0.2) is 0 Å². The van der Waals surface area contributed by atoms with Crippen LogP contribution < -0.4 is 15.4 Å². The fourth-order valence-corrected chi connectivity index (χ4v) is 2.59. The van der Waals surface area contributed by atoms with Crippen LogP contribution in [0, 0.1) is 0 Å². The van der Waals surface area contributed by atoms with Gasteiger partial charge >= 0.3 is 0 Å². The van der Waals surface area contributed by atoms with Crippen LogP contribution in [0.5, 0.6) is 5.75 Å². The second kappa shape index (κ2) is 12.9. The number of halogens is 2. The third-order valence-electron chi connectivity index (χ3n) is 3.71. The first-order valence-electron chi connectivity index (χ1n) is 8.21. The van der Waals surface area contributed by atoms with E-state index in [1.807, 2.05) is 54.6 Å². The summed E-state index contributed by atoms with van der Waals surface area (Å²) in [6, 6.07) is 17.7. The maximum Gasteiger partial charge on any atom is 0.191 e. The highest BCUT2D eigenvalue weighted by Gasteiger charge is 2.10. The van der Waals surface area contributed by atoms with E-state index in [9.17, 15) is 5.11 Å². The average molecular weight is 534 g/mol. The molecule has 0 aliphatic carbocycles. The van der Waals surface area contributed by atoms with Crippen molar-refractivity contribution in [1.82, 2.24) is 10.6 Å². The Hall–Kier alpha value is -1.32. The Bertz CT molecular complexity index is 654. The first-order chi connectivity index (χ1) is 12.2. The number of aliphatic hydroxyl groups is 1. The molecule has 0 saturated carbocycles. The normalized spacial score (nSPS) is 12.0. The van der Waals surface area contributed by atoms with Gasteiger partial charge in [-0.1, -0.05) is 46.3 Å². The number of nitrogens with one attached hydrogen (secondary N) is 2. The molecule has 3 N–H and O–H groups in total. The van der Waals surface area contributed by atoms with E-state index in [1.165, 1.54) is 0 Å². The molecular weight excluding hydrogens is 509 g/mol. The predicted molar refractivity (Wildman–Crippen MR) is 121 cm³/mol. The van der Waals surface area contributed by atoms with Gasteiger partial charge in [0.1, 0.15) is 12.4 Å². The predicted octanol–water partition coefficient (Wildman–Crippen LogP) is 3.39. The van der Waals surface area contributed by atoms with E-state index in [0.717, 1.165) is 15.8 Å². The minimum atomic E-state index is 0. The van der Waals surface area contributed by atoms with Crippen molar-refractivity contribution in [1.29, 1.82) is 0 Å². The van der Waals surface area contributed by atoms with Gasteiger partial charge in [0.2, 0.25) is 0 Å². The second-order valence-electron chi connectivity index (χ2n) is 5.47. The number of aliphatic hydroxyl groups excluding tert-OH is 1. The molecule has 0 aromatic heterocycles. The van der Waals surface area contributed by atoms with Gasteiger partial charge in [-0.3, -0.25) is 4.99 Å². The van der Waals surface area contributed by atoms with Crippen molar-refractivity contribution in [2.24, 2.45) is 4.99 Å². The van der Waals surface area contributed by atoms with Gasteiger partial charge in [-0.05, 0) is 29.8 Å².